The molecule has 0 aromatic rings. The highest BCUT2D eigenvalue weighted by Gasteiger charge is 2.33. The lowest BCUT2D eigenvalue weighted by Gasteiger charge is -2.14. The Balaban J connectivity index is 2.82. The van der Waals surface area contributed by atoms with E-state index in [1.165, 1.54) is 4.01 Å². The van der Waals surface area contributed by atoms with Crippen LogP contribution in [0.15, 0.2) is 21.0 Å². The molecule has 1 rings (SSSR count). The summed E-state index contributed by atoms with van der Waals surface area (Å²) in [6, 6.07) is 0. The van der Waals surface area contributed by atoms with Crippen molar-refractivity contribution in [3.8, 4) is 0 Å². The van der Waals surface area contributed by atoms with E-state index in [4.69, 9.17) is 4.74 Å². The van der Waals surface area contributed by atoms with Crippen LogP contribution in [0.4, 0.5) is 13.2 Å². The predicted molar refractivity (Wildman–Crippen MR) is 63.2 cm³/mol. The lowest BCUT2D eigenvalue weighted by molar-refractivity contribution is -0.0854. The van der Waals surface area contributed by atoms with E-state index >= 15 is 0 Å². The van der Waals surface area contributed by atoms with E-state index in [9.17, 15) is 13.2 Å². The molecule has 0 spiro atoms. The van der Waals surface area contributed by atoms with Gasteiger partial charge in [0, 0.05) is 0 Å². The minimum absolute atomic E-state index is 0.531. The molecule has 0 saturated carbocycles. The van der Waals surface area contributed by atoms with Crippen molar-refractivity contribution in [3.63, 3.8) is 0 Å². The van der Waals surface area contributed by atoms with Crippen LogP contribution in [-0.2, 0) is 4.74 Å². The summed E-state index contributed by atoms with van der Waals surface area (Å²) in [5, 5.41) is 0. The minimum atomic E-state index is -4.22. The Bertz CT molecular complexity index is 326. The molecule has 0 aliphatic carbocycles. The Morgan fingerprint density at radius 2 is 2.07 bits per heavy atom. The van der Waals surface area contributed by atoms with Gasteiger partial charge in [0.25, 0.3) is 0 Å². The molecule has 0 fully saturated rings. The van der Waals surface area contributed by atoms with E-state index in [1.54, 1.807) is 6.92 Å². The van der Waals surface area contributed by atoms with Gasteiger partial charge in [0.1, 0.15) is 0 Å². The Hall–Kier alpha value is -0.330. The van der Waals surface area contributed by atoms with E-state index < -0.39 is 32.5 Å². The van der Waals surface area contributed by atoms with Gasteiger partial charge in [-0.05, 0) is 49.7 Å². The van der Waals surface area contributed by atoms with Crippen LogP contribution in [0.25, 0.3) is 0 Å². The van der Waals surface area contributed by atoms with Gasteiger partial charge in [-0.15, -0.1) is 0 Å². The minimum Gasteiger partial charge on any atom is -0.488 e. The number of rotatable bonds is 3. The number of ether oxygens (including phenoxy) is 1. The molecule has 1 nitrogen and oxygen atoms in total. The van der Waals surface area contributed by atoms with E-state index in [-0.39, 0.29) is 0 Å². The van der Waals surface area contributed by atoms with Crippen molar-refractivity contribution in [2.45, 2.75) is 26.4 Å². The molecule has 15 heavy (non-hydrogen) atoms. The molecule has 0 unspecified atom stereocenters. The summed E-state index contributed by atoms with van der Waals surface area (Å²) in [6.45, 7) is 4.22. The van der Waals surface area contributed by atoms with Crippen molar-refractivity contribution >= 4 is 24.7 Å². The number of halogens is 4. The molecule has 1 heterocycles. The molecule has 1 aliphatic heterocycles. The average Bonchev–Trinajstić information content (AvgIpc) is 2.14. The van der Waals surface area contributed by atoms with E-state index in [1.807, 2.05) is 6.92 Å². The van der Waals surface area contributed by atoms with Crippen LogP contribution >= 0.6 is 20.7 Å². The summed E-state index contributed by atoms with van der Waals surface area (Å²) >= 11 is -0.766. The topological polar surface area (TPSA) is 9.23 Å². The molecule has 0 aromatic carbocycles. The fourth-order valence-electron chi connectivity index (χ4n) is 0.997. The summed E-state index contributed by atoms with van der Waals surface area (Å²) in [4.78, 5) is 0. The van der Waals surface area contributed by atoms with Crippen LogP contribution in [0.5, 0.6) is 0 Å². The third-order valence-corrected chi connectivity index (χ3v) is 4.42. The molecule has 0 aromatic heterocycles. The van der Waals surface area contributed by atoms with Gasteiger partial charge < -0.3 is 4.74 Å². The quantitative estimate of drug-likeness (QED) is 0.712. The Morgan fingerprint density at radius 3 is 2.53 bits per heavy atom. The first kappa shape index (κ1) is 12.7. The lowest BCUT2D eigenvalue weighted by Crippen LogP contribution is -2.14. The van der Waals surface area contributed by atoms with Gasteiger partial charge in [0.15, 0.2) is 3.77 Å². The normalized spacial score (nSPS) is 17.3. The van der Waals surface area contributed by atoms with Crippen molar-refractivity contribution in [2.24, 2.45) is 0 Å². The fraction of sp³-hybridized carbons (Fsp3) is 0.500. The molecule has 0 amide bonds. The van der Waals surface area contributed by atoms with Crippen LogP contribution in [-0.4, -0.2) is 16.8 Å². The zero-order valence-electron chi connectivity index (χ0n) is 8.49. The monoisotopic (exact) mass is 332 g/mol. The van der Waals surface area contributed by atoms with Gasteiger partial charge in [-0.3, -0.25) is 0 Å². The van der Waals surface area contributed by atoms with Crippen molar-refractivity contribution in [1.29, 1.82) is 0 Å². The van der Waals surface area contributed by atoms with Gasteiger partial charge in [0.2, 0.25) is 0 Å². The molecule has 0 saturated heterocycles. The zero-order chi connectivity index (χ0) is 11.5. The van der Waals surface area contributed by atoms with Gasteiger partial charge in [-0.1, -0.05) is 6.92 Å². The maximum atomic E-state index is 12.3. The average molecular weight is 332 g/mol. The molecule has 0 bridgehead atoms. The third-order valence-electron chi connectivity index (χ3n) is 1.71. The summed E-state index contributed by atoms with van der Waals surface area (Å²) in [5.41, 5.74) is 0.0859. The highest BCUT2D eigenvalue weighted by molar-refractivity contribution is 14.2. The van der Waals surface area contributed by atoms with E-state index in [0.717, 1.165) is 16.3 Å². The van der Waals surface area contributed by atoms with Crippen molar-refractivity contribution in [2.75, 3.05) is 6.61 Å². The Kier molecular flexibility index (Phi) is 4.36. The molecule has 0 N–H and O–H groups in total. The Morgan fingerprint density at radius 1 is 1.40 bits per heavy atom. The number of allylic oxidation sites excluding steroid dienone is 3. The molecule has 5 heteroatoms. The van der Waals surface area contributed by atoms with Crippen LogP contribution in [0.1, 0.15) is 20.3 Å². The second-order valence-corrected chi connectivity index (χ2v) is 5.35. The molecule has 0 atom stereocenters. The molecule has 1 aliphatic rings. The highest BCUT2D eigenvalue weighted by Crippen LogP contribution is 2.33. The lowest BCUT2D eigenvalue weighted by atomic mass is 10.2. The Labute approximate surface area is 96.7 Å². The fourth-order valence-corrected chi connectivity index (χ4v) is 3.19. The predicted octanol–water partition coefficient (Wildman–Crippen LogP) is 3.92. The maximum absolute atomic E-state index is 12.3. The first-order valence-corrected chi connectivity index (χ1v) is 6.86. The largest absolute Gasteiger partial charge is 0.488 e. The summed E-state index contributed by atoms with van der Waals surface area (Å²) < 4.78 is 44.5. The standard InChI is InChI=1S/C10H12F3IO/c1-3-4-15-9-7(2)5-8(6-14-9)10(11,12)13/h5-6H,3-4H2,1-2H3. The molecular formula is C10H12F3IO. The first-order chi connectivity index (χ1) is 6.95. The second-order valence-electron chi connectivity index (χ2n) is 3.12. The van der Waals surface area contributed by atoms with Gasteiger partial charge in [-0.25, -0.2) is 0 Å². The van der Waals surface area contributed by atoms with E-state index in [0.29, 0.717) is 12.2 Å². The van der Waals surface area contributed by atoms with Crippen molar-refractivity contribution in [1.82, 2.24) is 0 Å². The van der Waals surface area contributed by atoms with Gasteiger partial charge in [-0.2, -0.15) is 13.2 Å². The van der Waals surface area contributed by atoms with Crippen molar-refractivity contribution in [3.05, 3.63) is 21.0 Å². The number of hydrogen-bond donors (Lipinski definition) is 0. The van der Waals surface area contributed by atoms with E-state index in [2.05, 4.69) is 0 Å². The van der Waals surface area contributed by atoms with Crippen LogP contribution in [0.3, 0.4) is 0 Å². The molecule has 86 valence electrons. The first-order valence-electron chi connectivity index (χ1n) is 4.54. The summed E-state index contributed by atoms with van der Waals surface area (Å²) in [5.74, 6) is 0. The molecule has 0 radical (unpaired) electrons. The van der Waals surface area contributed by atoms with Gasteiger partial charge in [0.05, 0.1) is 12.2 Å². The van der Waals surface area contributed by atoms with Gasteiger partial charge >= 0.3 is 6.18 Å². The number of alkyl halides is 3. The highest BCUT2D eigenvalue weighted by atomic mass is 127. The zero-order valence-corrected chi connectivity index (χ0v) is 10.6. The second kappa shape index (κ2) is 5.14. The summed E-state index contributed by atoms with van der Waals surface area (Å²) in [6.07, 6.45) is -2.19. The van der Waals surface area contributed by atoms with Crippen LogP contribution in [0.2, 0.25) is 0 Å². The van der Waals surface area contributed by atoms with Crippen molar-refractivity contribution < 1.29 is 17.9 Å². The maximum Gasteiger partial charge on any atom is 0.416 e. The third kappa shape index (κ3) is 3.62. The summed E-state index contributed by atoms with van der Waals surface area (Å²) in [7, 11) is 0. The molecular weight excluding hydrogens is 320 g/mol. The SMILES string of the molecule is CCCOC1=C(C)C=C(C(F)(F)F)C=I1. The van der Waals surface area contributed by atoms with Crippen LogP contribution in [0, 0.1) is 0 Å². The van der Waals surface area contributed by atoms with Crippen LogP contribution < -0.4 is 0 Å². The smallest absolute Gasteiger partial charge is 0.416 e. The number of hydrogen-bond acceptors (Lipinski definition) is 1.